The van der Waals surface area contributed by atoms with Crippen LogP contribution in [0.25, 0.3) is 0 Å². The minimum atomic E-state index is -5.07. The van der Waals surface area contributed by atoms with Crippen molar-refractivity contribution in [3.8, 4) is 0 Å². The van der Waals surface area contributed by atoms with Crippen LogP contribution in [-0.4, -0.2) is 26.3 Å². The Morgan fingerprint density at radius 2 is 1.57 bits per heavy atom. The van der Waals surface area contributed by atoms with Gasteiger partial charge in [-0.3, -0.25) is 9.59 Å². The molecule has 0 aliphatic carbocycles. The highest BCUT2D eigenvalue weighted by atomic mass is 35.7. The molecule has 0 radical (unpaired) electrons. The molecule has 12 heteroatoms. The van der Waals surface area contributed by atoms with Crippen molar-refractivity contribution >= 4 is 37.2 Å². The average Bonchev–Trinajstić information content (AvgIpc) is 2.78. The van der Waals surface area contributed by atoms with Crippen LogP contribution in [0.2, 0.25) is 0 Å². The van der Waals surface area contributed by atoms with E-state index in [-0.39, 0.29) is 17.7 Å². The summed E-state index contributed by atoms with van der Waals surface area (Å²) in [5.74, 6) is -2.14. The van der Waals surface area contributed by atoms with E-state index in [1.807, 2.05) is 0 Å². The molecule has 0 aliphatic heterocycles. The van der Waals surface area contributed by atoms with E-state index in [1.165, 1.54) is 12.1 Å². The third kappa shape index (κ3) is 7.03. The van der Waals surface area contributed by atoms with Gasteiger partial charge in [0.25, 0.3) is 15.0 Å². The fourth-order valence-corrected chi connectivity index (χ4v) is 4.24. The first-order chi connectivity index (χ1) is 16.3. The van der Waals surface area contributed by atoms with Crippen LogP contribution in [0.3, 0.4) is 0 Å². The quantitative estimate of drug-likeness (QED) is 0.342. The molecule has 6 nitrogen and oxygen atoms in total. The van der Waals surface area contributed by atoms with Crippen molar-refractivity contribution in [2.75, 3.05) is 5.32 Å². The number of nitrogens with one attached hydrogen (secondary N) is 2. The summed E-state index contributed by atoms with van der Waals surface area (Å²) < 4.78 is 76.5. The highest BCUT2D eigenvalue weighted by molar-refractivity contribution is 8.13. The number of hydrogen-bond acceptors (Lipinski definition) is 4. The number of alkyl halides is 3. The van der Waals surface area contributed by atoms with Crippen LogP contribution < -0.4 is 10.6 Å². The van der Waals surface area contributed by atoms with Gasteiger partial charge >= 0.3 is 6.18 Å². The van der Waals surface area contributed by atoms with Crippen molar-refractivity contribution < 1.29 is 35.6 Å². The first-order valence-corrected chi connectivity index (χ1v) is 12.2. The fourth-order valence-electron chi connectivity index (χ4n) is 3.17. The van der Waals surface area contributed by atoms with Crippen LogP contribution >= 0.6 is 10.7 Å². The molecular formula is C23H17ClF4N2O4S. The van der Waals surface area contributed by atoms with Gasteiger partial charge in [-0.1, -0.05) is 30.3 Å². The molecule has 0 saturated heterocycles. The predicted octanol–water partition coefficient (Wildman–Crippen LogP) is 4.75. The lowest BCUT2D eigenvalue weighted by atomic mass is 10.0. The van der Waals surface area contributed by atoms with Crippen molar-refractivity contribution in [3.63, 3.8) is 0 Å². The molecule has 0 bridgehead atoms. The van der Waals surface area contributed by atoms with Crippen LogP contribution in [-0.2, 0) is 26.4 Å². The van der Waals surface area contributed by atoms with Gasteiger partial charge in [-0.2, -0.15) is 13.2 Å². The largest absolute Gasteiger partial charge is 0.417 e. The molecule has 3 aromatic carbocycles. The monoisotopic (exact) mass is 528 g/mol. The summed E-state index contributed by atoms with van der Waals surface area (Å²) in [6, 6.07) is 13.8. The zero-order valence-electron chi connectivity index (χ0n) is 17.6. The summed E-state index contributed by atoms with van der Waals surface area (Å²) >= 11 is 0. The van der Waals surface area contributed by atoms with Gasteiger partial charge in [0.15, 0.2) is 0 Å². The van der Waals surface area contributed by atoms with Crippen LogP contribution in [0, 0.1) is 5.82 Å². The van der Waals surface area contributed by atoms with E-state index in [4.69, 9.17) is 10.7 Å². The molecule has 1 atom stereocenters. The molecule has 0 saturated carbocycles. The molecule has 0 aromatic heterocycles. The first-order valence-electron chi connectivity index (χ1n) is 9.92. The van der Waals surface area contributed by atoms with E-state index in [0.717, 1.165) is 18.2 Å². The topological polar surface area (TPSA) is 92.3 Å². The molecule has 0 heterocycles. The lowest BCUT2D eigenvalue weighted by Gasteiger charge is -2.20. The lowest BCUT2D eigenvalue weighted by molar-refractivity contribution is -0.139. The highest BCUT2D eigenvalue weighted by Crippen LogP contribution is 2.37. The van der Waals surface area contributed by atoms with Gasteiger partial charge in [0.2, 0.25) is 5.91 Å². The van der Waals surface area contributed by atoms with Gasteiger partial charge in [0, 0.05) is 28.4 Å². The number of benzene rings is 3. The van der Waals surface area contributed by atoms with Crippen LogP contribution in [0.15, 0.2) is 77.7 Å². The zero-order valence-corrected chi connectivity index (χ0v) is 19.2. The standard InChI is InChI=1S/C23H17ClF4N2O4S/c24-35(33,34)20-11-10-17(13-18(20)23(26,27)28)29-22(32)19(12-14-4-2-1-3-5-14)30-21(31)15-6-8-16(25)9-7-15/h1-11,13,19H,12H2,(H,29,32)(H,30,31)/t19-/m0/s1. The minimum absolute atomic E-state index is 0.0140. The van der Waals surface area contributed by atoms with Crippen molar-refractivity contribution in [2.45, 2.75) is 23.5 Å². The molecule has 184 valence electrons. The second kappa shape index (κ2) is 10.4. The number of anilines is 1. The summed E-state index contributed by atoms with van der Waals surface area (Å²) in [5, 5.41) is 4.76. The summed E-state index contributed by atoms with van der Waals surface area (Å²) in [6.45, 7) is 0. The maximum absolute atomic E-state index is 13.4. The van der Waals surface area contributed by atoms with Gasteiger partial charge < -0.3 is 10.6 Å². The number of carbonyl (C=O) groups excluding carboxylic acids is 2. The maximum Gasteiger partial charge on any atom is 0.417 e. The number of carbonyl (C=O) groups is 2. The Kier molecular flexibility index (Phi) is 7.81. The zero-order chi connectivity index (χ0) is 25.8. The van der Waals surface area contributed by atoms with Crippen molar-refractivity contribution in [3.05, 3.63) is 95.3 Å². The summed E-state index contributed by atoms with van der Waals surface area (Å²) in [7, 11) is 0.395. The van der Waals surface area contributed by atoms with Crippen molar-refractivity contribution in [1.29, 1.82) is 0 Å². The molecule has 0 spiro atoms. The molecule has 0 unspecified atom stereocenters. The first kappa shape index (κ1) is 26.2. The van der Waals surface area contributed by atoms with E-state index in [9.17, 15) is 35.6 Å². The SMILES string of the molecule is O=C(N[C@@H](Cc1ccccc1)C(=O)Nc1ccc(S(=O)(=O)Cl)c(C(F)(F)F)c1)c1ccc(F)cc1. The molecule has 3 rings (SSSR count). The molecular weight excluding hydrogens is 512 g/mol. The average molecular weight is 529 g/mol. The number of amides is 2. The van der Waals surface area contributed by atoms with Gasteiger partial charge in [-0.05, 0) is 48.0 Å². The molecule has 3 aromatic rings. The van der Waals surface area contributed by atoms with Crippen molar-refractivity contribution in [1.82, 2.24) is 5.32 Å². The maximum atomic E-state index is 13.4. The number of halogens is 5. The third-order valence-corrected chi connectivity index (χ3v) is 6.21. The third-order valence-electron chi connectivity index (χ3n) is 4.83. The fraction of sp³-hybridized carbons (Fsp3) is 0.130. The number of rotatable bonds is 7. The Hall–Kier alpha value is -3.44. The van der Waals surface area contributed by atoms with E-state index in [0.29, 0.717) is 17.7 Å². The summed E-state index contributed by atoms with van der Waals surface area (Å²) in [5.41, 5.74) is -1.21. The Bertz CT molecular complexity index is 1330. The highest BCUT2D eigenvalue weighted by Gasteiger charge is 2.37. The van der Waals surface area contributed by atoms with Gasteiger partial charge in [-0.25, -0.2) is 12.8 Å². The van der Waals surface area contributed by atoms with Crippen molar-refractivity contribution in [2.24, 2.45) is 0 Å². The molecule has 0 aliphatic rings. The van der Waals surface area contributed by atoms with Crippen LogP contribution in [0.4, 0.5) is 23.2 Å². The smallest absolute Gasteiger partial charge is 0.340 e. The second-order valence-corrected chi connectivity index (χ2v) is 9.89. The number of hydrogen-bond donors (Lipinski definition) is 2. The Balaban J connectivity index is 1.89. The van der Waals surface area contributed by atoms with Gasteiger partial charge in [-0.15, -0.1) is 0 Å². The van der Waals surface area contributed by atoms with E-state index in [2.05, 4.69) is 10.6 Å². The summed E-state index contributed by atoms with van der Waals surface area (Å²) in [6.07, 6.45) is -5.09. The molecule has 2 N–H and O–H groups in total. The molecule has 35 heavy (non-hydrogen) atoms. The summed E-state index contributed by atoms with van der Waals surface area (Å²) in [4.78, 5) is 24.4. The molecule has 2 amide bonds. The normalized spacial score (nSPS) is 12.6. The van der Waals surface area contributed by atoms with E-state index < -0.39 is 49.4 Å². The van der Waals surface area contributed by atoms with Crippen LogP contribution in [0.1, 0.15) is 21.5 Å². The van der Waals surface area contributed by atoms with E-state index in [1.54, 1.807) is 30.3 Å². The Morgan fingerprint density at radius 1 is 0.943 bits per heavy atom. The van der Waals surface area contributed by atoms with Gasteiger partial charge in [0.05, 0.1) is 10.5 Å². The predicted molar refractivity (Wildman–Crippen MR) is 121 cm³/mol. The molecule has 0 fully saturated rings. The van der Waals surface area contributed by atoms with Crippen LogP contribution in [0.5, 0.6) is 0 Å². The van der Waals surface area contributed by atoms with Gasteiger partial charge in [0.1, 0.15) is 11.9 Å². The second-order valence-electron chi connectivity index (χ2n) is 7.36. The lowest BCUT2D eigenvalue weighted by Crippen LogP contribution is -2.45. The Morgan fingerprint density at radius 3 is 2.14 bits per heavy atom. The minimum Gasteiger partial charge on any atom is -0.340 e. The Labute approximate surface area is 202 Å². The van der Waals surface area contributed by atoms with E-state index >= 15 is 0 Å².